The third-order valence-corrected chi connectivity index (χ3v) is 5.82. The SMILES string of the molecule is CC(CNC(=O)NC(C)(C)C)C(c1ccccc1)c1ccc2c(cnn2-c2ccc(F)cc2)c1. The van der Waals surface area contributed by atoms with Gasteiger partial charge in [-0.2, -0.15) is 5.10 Å². The van der Waals surface area contributed by atoms with Crippen LogP contribution in [-0.4, -0.2) is 27.9 Å². The molecule has 34 heavy (non-hydrogen) atoms. The van der Waals surface area contributed by atoms with Gasteiger partial charge >= 0.3 is 6.03 Å². The van der Waals surface area contributed by atoms with Crippen LogP contribution in [0.4, 0.5) is 9.18 Å². The number of rotatable bonds is 6. The lowest BCUT2D eigenvalue weighted by atomic mass is 9.81. The summed E-state index contributed by atoms with van der Waals surface area (Å²) < 4.78 is 15.2. The van der Waals surface area contributed by atoms with E-state index in [0.29, 0.717) is 6.54 Å². The minimum Gasteiger partial charge on any atom is -0.338 e. The third kappa shape index (κ3) is 5.45. The largest absolute Gasteiger partial charge is 0.338 e. The minimum atomic E-state index is -0.290. The molecule has 0 fully saturated rings. The molecule has 0 saturated carbocycles. The molecular weight excluding hydrogens is 427 g/mol. The zero-order chi connectivity index (χ0) is 24.3. The van der Waals surface area contributed by atoms with Gasteiger partial charge in [-0.1, -0.05) is 43.3 Å². The molecule has 0 saturated heterocycles. The first-order valence-corrected chi connectivity index (χ1v) is 11.6. The van der Waals surface area contributed by atoms with Gasteiger partial charge in [0.15, 0.2) is 0 Å². The van der Waals surface area contributed by atoms with Crippen molar-refractivity contribution in [1.82, 2.24) is 20.4 Å². The van der Waals surface area contributed by atoms with Crippen molar-refractivity contribution < 1.29 is 9.18 Å². The van der Waals surface area contributed by atoms with Gasteiger partial charge in [0.05, 0.1) is 17.4 Å². The number of benzene rings is 3. The summed E-state index contributed by atoms with van der Waals surface area (Å²) in [6.45, 7) is 8.58. The quantitative estimate of drug-likeness (QED) is 0.371. The number of amides is 2. The summed E-state index contributed by atoms with van der Waals surface area (Å²) in [5.74, 6) is -0.0283. The average molecular weight is 459 g/mol. The standard InChI is InChI=1S/C28H31FN4O/c1-19(17-30-27(34)32-28(2,3)4)26(20-8-6-5-7-9-20)21-10-15-25-22(16-21)18-31-33(25)24-13-11-23(29)12-14-24/h5-16,18-19,26H,17H2,1-4H3,(H2,30,32,34). The third-order valence-electron chi connectivity index (χ3n) is 5.82. The molecule has 0 radical (unpaired) electrons. The monoisotopic (exact) mass is 458 g/mol. The van der Waals surface area contributed by atoms with E-state index in [9.17, 15) is 9.18 Å². The number of hydrogen-bond acceptors (Lipinski definition) is 2. The molecule has 2 N–H and O–H groups in total. The van der Waals surface area contributed by atoms with Crippen LogP contribution in [0, 0.1) is 11.7 Å². The summed E-state index contributed by atoms with van der Waals surface area (Å²) in [6.07, 6.45) is 1.84. The van der Waals surface area contributed by atoms with Crippen molar-refractivity contribution >= 4 is 16.9 Å². The molecule has 3 aromatic carbocycles. The number of hydrogen-bond donors (Lipinski definition) is 2. The number of aromatic nitrogens is 2. The van der Waals surface area contributed by atoms with E-state index >= 15 is 0 Å². The van der Waals surface area contributed by atoms with E-state index in [1.165, 1.54) is 17.7 Å². The summed E-state index contributed by atoms with van der Waals surface area (Å²) in [7, 11) is 0. The van der Waals surface area contributed by atoms with Crippen molar-refractivity contribution in [3.05, 3.63) is 95.9 Å². The lowest BCUT2D eigenvalue weighted by Gasteiger charge is -2.27. The number of fused-ring (bicyclic) bond motifs is 1. The lowest BCUT2D eigenvalue weighted by molar-refractivity contribution is 0.230. The van der Waals surface area contributed by atoms with E-state index < -0.39 is 0 Å². The molecule has 0 spiro atoms. The second kappa shape index (κ2) is 9.67. The highest BCUT2D eigenvalue weighted by Crippen LogP contribution is 2.34. The molecule has 0 bridgehead atoms. The number of nitrogens with zero attached hydrogens (tertiary/aromatic N) is 2. The van der Waals surface area contributed by atoms with Crippen molar-refractivity contribution in [3.63, 3.8) is 0 Å². The molecule has 0 aliphatic rings. The van der Waals surface area contributed by atoms with Gasteiger partial charge in [-0.3, -0.25) is 0 Å². The number of carbonyl (C=O) groups is 1. The van der Waals surface area contributed by atoms with E-state index in [1.807, 2.05) is 49.8 Å². The second-order valence-corrected chi connectivity index (χ2v) is 9.80. The molecule has 6 heteroatoms. The van der Waals surface area contributed by atoms with Crippen LogP contribution in [0.15, 0.2) is 79.0 Å². The summed E-state index contributed by atoms with van der Waals surface area (Å²) in [5.41, 5.74) is 3.83. The molecule has 1 aromatic heterocycles. The van der Waals surface area contributed by atoms with Gasteiger partial charge in [0.2, 0.25) is 0 Å². The maximum absolute atomic E-state index is 13.4. The minimum absolute atomic E-state index is 0.0923. The van der Waals surface area contributed by atoms with Crippen LogP contribution >= 0.6 is 0 Å². The molecule has 1 heterocycles. The van der Waals surface area contributed by atoms with Crippen LogP contribution < -0.4 is 10.6 Å². The fraction of sp³-hybridized carbons (Fsp3) is 0.286. The highest BCUT2D eigenvalue weighted by Gasteiger charge is 2.23. The second-order valence-electron chi connectivity index (χ2n) is 9.80. The predicted molar refractivity (Wildman–Crippen MR) is 135 cm³/mol. The number of carbonyl (C=O) groups excluding carboxylic acids is 1. The van der Waals surface area contributed by atoms with Gasteiger partial charge in [-0.15, -0.1) is 0 Å². The lowest BCUT2D eigenvalue weighted by Crippen LogP contribution is -2.47. The summed E-state index contributed by atoms with van der Waals surface area (Å²) in [6, 6.07) is 22.8. The van der Waals surface area contributed by atoms with Gasteiger partial charge in [0.1, 0.15) is 5.82 Å². The van der Waals surface area contributed by atoms with Crippen molar-refractivity contribution in [3.8, 4) is 5.69 Å². The van der Waals surface area contributed by atoms with Crippen LogP contribution in [0.25, 0.3) is 16.6 Å². The molecule has 2 atom stereocenters. The molecule has 2 amide bonds. The van der Waals surface area contributed by atoms with E-state index in [-0.39, 0.29) is 29.2 Å². The Bertz CT molecular complexity index is 1260. The van der Waals surface area contributed by atoms with E-state index in [0.717, 1.165) is 22.2 Å². The highest BCUT2D eigenvalue weighted by atomic mass is 19.1. The normalized spacial score (nSPS) is 13.4. The van der Waals surface area contributed by atoms with Crippen LogP contribution in [-0.2, 0) is 0 Å². The van der Waals surface area contributed by atoms with Crippen molar-refractivity contribution in [1.29, 1.82) is 0 Å². The summed E-state index contributed by atoms with van der Waals surface area (Å²) >= 11 is 0. The Morgan fingerprint density at radius 1 is 1.00 bits per heavy atom. The first-order valence-electron chi connectivity index (χ1n) is 11.6. The van der Waals surface area contributed by atoms with Gasteiger partial charge in [0, 0.05) is 23.4 Å². The zero-order valence-corrected chi connectivity index (χ0v) is 20.0. The number of urea groups is 1. The van der Waals surface area contributed by atoms with E-state index in [2.05, 4.69) is 53.0 Å². The van der Waals surface area contributed by atoms with Crippen molar-refractivity contribution in [2.75, 3.05) is 6.54 Å². The van der Waals surface area contributed by atoms with Gasteiger partial charge in [0.25, 0.3) is 0 Å². The summed E-state index contributed by atoms with van der Waals surface area (Å²) in [5, 5.41) is 11.5. The molecular formula is C28H31FN4O. The smallest absolute Gasteiger partial charge is 0.315 e. The van der Waals surface area contributed by atoms with Crippen LogP contribution in [0.1, 0.15) is 44.7 Å². The fourth-order valence-corrected chi connectivity index (χ4v) is 4.30. The molecule has 0 aliphatic heterocycles. The maximum Gasteiger partial charge on any atom is 0.315 e. The Hall–Kier alpha value is -3.67. The molecule has 5 nitrogen and oxygen atoms in total. The van der Waals surface area contributed by atoms with Crippen LogP contribution in [0.2, 0.25) is 0 Å². The molecule has 4 aromatic rings. The van der Waals surface area contributed by atoms with Crippen molar-refractivity contribution in [2.45, 2.75) is 39.2 Å². The average Bonchev–Trinajstić information content (AvgIpc) is 3.21. The first kappa shape index (κ1) is 23.5. The molecule has 176 valence electrons. The van der Waals surface area contributed by atoms with Gasteiger partial charge < -0.3 is 10.6 Å². The molecule has 4 rings (SSSR count). The number of halogens is 1. The first-order chi connectivity index (χ1) is 16.2. The maximum atomic E-state index is 13.4. The van der Waals surface area contributed by atoms with Crippen molar-refractivity contribution in [2.24, 2.45) is 5.92 Å². The Labute approximate surface area is 200 Å². The van der Waals surface area contributed by atoms with E-state index in [1.54, 1.807) is 12.1 Å². The Kier molecular flexibility index (Phi) is 6.68. The fourth-order valence-electron chi connectivity index (χ4n) is 4.30. The topological polar surface area (TPSA) is 59.0 Å². The molecule has 2 unspecified atom stereocenters. The van der Waals surface area contributed by atoms with Crippen LogP contribution in [0.3, 0.4) is 0 Å². The van der Waals surface area contributed by atoms with Gasteiger partial charge in [-0.05, 0) is 74.2 Å². The predicted octanol–water partition coefficient (Wildman–Crippen LogP) is 6.03. The highest BCUT2D eigenvalue weighted by molar-refractivity contribution is 5.81. The van der Waals surface area contributed by atoms with Crippen LogP contribution in [0.5, 0.6) is 0 Å². The Balaban J connectivity index is 1.63. The number of nitrogens with one attached hydrogen (secondary N) is 2. The zero-order valence-electron chi connectivity index (χ0n) is 20.0. The molecule has 0 aliphatic carbocycles. The van der Waals surface area contributed by atoms with Gasteiger partial charge in [-0.25, -0.2) is 13.9 Å². The van der Waals surface area contributed by atoms with E-state index in [4.69, 9.17) is 0 Å². The summed E-state index contributed by atoms with van der Waals surface area (Å²) in [4.78, 5) is 12.3. The Morgan fingerprint density at radius 2 is 1.71 bits per heavy atom. The Morgan fingerprint density at radius 3 is 2.38 bits per heavy atom.